The molecular formula is C9H5N3O4. The molecule has 0 aliphatic carbocycles. The zero-order valence-electron chi connectivity index (χ0n) is 7.86. The number of nitrogens with zero attached hydrogens (tertiary/aromatic N) is 3. The molecule has 16 heavy (non-hydrogen) atoms. The van der Waals surface area contributed by atoms with Crippen LogP contribution in [0.3, 0.4) is 0 Å². The fourth-order valence-electron chi connectivity index (χ4n) is 1.40. The Balaban J connectivity index is 2.78. The summed E-state index contributed by atoms with van der Waals surface area (Å²) in [6, 6.07) is 3.90. The molecule has 0 N–H and O–H groups in total. The van der Waals surface area contributed by atoms with Crippen molar-refractivity contribution in [2.24, 2.45) is 0 Å². The molecule has 0 radical (unpaired) electrons. The predicted molar refractivity (Wildman–Crippen MR) is 55.1 cm³/mol. The highest BCUT2D eigenvalue weighted by atomic mass is 16.6. The summed E-state index contributed by atoms with van der Waals surface area (Å²) in [5.74, 6) is 0. The van der Waals surface area contributed by atoms with Crippen LogP contribution in [0.25, 0.3) is 10.8 Å². The van der Waals surface area contributed by atoms with Crippen molar-refractivity contribution >= 4 is 22.1 Å². The van der Waals surface area contributed by atoms with E-state index in [0.29, 0.717) is 5.39 Å². The van der Waals surface area contributed by atoms with Crippen LogP contribution >= 0.6 is 0 Å². The van der Waals surface area contributed by atoms with Crippen molar-refractivity contribution in [3.05, 3.63) is 50.8 Å². The third-order valence-corrected chi connectivity index (χ3v) is 2.13. The number of hydrogen-bond donors (Lipinski definition) is 0. The van der Waals surface area contributed by atoms with Crippen LogP contribution in [0.1, 0.15) is 0 Å². The van der Waals surface area contributed by atoms with Crippen molar-refractivity contribution in [3.8, 4) is 0 Å². The monoisotopic (exact) mass is 219 g/mol. The molecule has 0 atom stereocenters. The molecule has 0 aliphatic rings. The second kappa shape index (κ2) is 3.54. The van der Waals surface area contributed by atoms with Gasteiger partial charge in [0.1, 0.15) is 6.20 Å². The minimum absolute atomic E-state index is 0.179. The van der Waals surface area contributed by atoms with Crippen molar-refractivity contribution in [2.75, 3.05) is 0 Å². The number of benzene rings is 1. The summed E-state index contributed by atoms with van der Waals surface area (Å²) >= 11 is 0. The van der Waals surface area contributed by atoms with Gasteiger partial charge in [-0.05, 0) is 6.07 Å². The summed E-state index contributed by atoms with van der Waals surface area (Å²) in [5.41, 5.74) is -0.414. The Labute approximate surface area is 88.6 Å². The molecule has 0 bridgehead atoms. The van der Waals surface area contributed by atoms with Crippen molar-refractivity contribution in [1.29, 1.82) is 0 Å². The number of nitro groups is 2. The molecule has 1 heterocycles. The van der Waals surface area contributed by atoms with Crippen LogP contribution in [0.2, 0.25) is 0 Å². The molecule has 2 aromatic rings. The highest BCUT2D eigenvalue weighted by Gasteiger charge is 2.15. The van der Waals surface area contributed by atoms with Gasteiger partial charge in [-0.25, -0.2) is 0 Å². The first-order valence-corrected chi connectivity index (χ1v) is 4.26. The van der Waals surface area contributed by atoms with Gasteiger partial charge >= 0.3 is 0 Å². The van der Waals surface area contributed by atoms with Gasteiger partial charge in [0.2, 0.25) is 0 Å². The highest BCUT2D eigenvalue weighted by Crippen LogP contribution is 2.27. The molecule has 1 aromatic carbocycles. The SMILES string of the molecule is O=[N+]([O-])c1ccc2cncc([N+](=O)[O-])c2c1. The Kier molecular flexibility index (Phi) is 2.20. The van der Waals surface area contributed by atoms with Gasteiger partial charge in [0.05, 0.1) is 15.2 Å². The lowest BCUT2D eigenvalue weighted by Gasteiger charge is -1.98. The summed E-state index contributed by atoms with van der Waals surface area (Å²) in [6.45, 7) is 0. The topological polar surface area (TPSA) is 99.2 Å². The van der Waals surface area contributed by atoms with Crippen LogP contribution in [0, 0.1) is 20.2 Å². The van der Waals surface area contributed by atoms with Crippen molar-refractivity contribution in [1.82, 2.24) is 4.98 Å². The molecule has 2 rings (SSSR count). The smallest absolute Gasteiger partial charge is 0.258 e. The van der Waals surface area contributed by atoms with E-state index in [-0.39, 0.29) is 16.8 Å². The Morgan fingerprint density at radius 3 is 2.44 bits per heavy atom. The normalized spacial score (nSPS) is 10.2. The van der Waals surface area contributed by atoms with E-state index in [1.807, 2.05) is 0 Å². The van der Waals surface area contributed by atoms with Crippen molar-refractivity contribution in [3.63, 3.8) is 0 Å². The van der Waals surface area contributed by atoms with Gasteiger partial charge in [0, 0.05) is 23.7 Å². The van der Waals surface area contributed by atoms with Gasteiger partial charge in [-0.15, -0.1) is 0 Å². The lowest BCUT2D eigenvalue weighted by Crippen LogP contribution is -1.92. The predicted octanol–water partition coefficient (Wildman–Crippen LogP) is 2.05. The Morgan fingerprint density at radius 1 is 1.06 bits per heavy atom. The Hall–Kier alpha value is -2.57. The maximum absolute atomic E-state index is 10.7. The van der Waals surface area contributed by atoms with Crippen LogP contribution in [0.15, 0.2) is 30.6 Å². The average Bonchev–Trinajstić information content (AvgIpc) is 2.27. The number of fused-ring (bicyclic) bond motifs is 1. The summed E-state index contributed by atoms with van der Waals surface area (Å²) in [5, 5.41) is 22.0. The van der Waals surface area contributed by atoms with Crippen LogP contribution in [-0.2, 0) is 0 Å². The first-order valence-electron chi connectivity index (χ1n) is 4.26. The standard InChI is InChI=1S/C9H5N3O4/c13-11(14)7-2-1-6-4-10-5-9(12(15)16)8(6)3-7/h1-5H. The Morgan fingerprint density at radius 2 is 1.81 bits per heavy atom. The fraction of sp³-hybridized carbons (Fsp3) is 0. The first-order chi connectivity index (χ1) is 7.59. The minimum atomic E-state index is -0.612. The van der Waals surface area contributed by atoms with E-state index in [2.05, 4.69) is 4.98 Å². The van der Waals surface area contributed by atoms with E-state index < -0.39 is 9.85 Å². The molecule has 0 fully saturated rings. The Bertz CT molecular complexity index is 596. The van der Waals surface area contributed by atoms with Crippen molar-refractivity contribution in [2.45, 2.75) is 0 Å². The summed E-state index contributed by atoms with van der Waals surface area (Å²) in [4.78, 5) is 23.7. The van der Waals surface area contributed by atoms with E-state index in [9.17, 15) is 20.2 Å². The molecule has 0 amide bonds. The highest BCUT2D eigenvalue weighted by molar-refractivity contribution is 5.91. The number of pyridine rings is 1. The van der Waals surface area contributed by atoms with Gasteiger partial charge in [0.15, 0.2) is 0 Å². The van der Waals surface area contributed by atoms with E-state index >= 15 is 0 Å². The molecule has 0 unspecified atom stereocenters. The number of non-ortho nitro benzene ring substituents is 1. The van der Waals surface area contributed by atoms with E-state index in [0.717, 1.165) is 6.20 Å². The van der Waals surface area contributed by atoms with Crippen LogP contribution in [0.4, 0.5) is 11.4 Å². The van der Waals surface area contributed by atoms with Gasteiger partial charge < -0.3 is 0 Å². The lowest BCUT2D eigenvalue weighted by atomic mass is 10.1. The van der Waals surface area contributed by atoms with Gasteiger partial charge in [0.25, 0.3) is 11.4 Å². The summed E-state index contributed by atoms with van der Waals surface area (Å²) in [6.07, 6.45) is 2.50. The van der Waals surface area contributed by atoms with E-state index in [1.165, 1.54) is 24.4 Å². The first kappa shape index (κ1) is 9.97. The second-order valence-electron chi connectivity index (χ2n) is 3.08. The zero-order valence-corrected chi connectivity index (χ0v) is 7.86. The largest absolute Gasteiger partial charge is 0.295 e. The second-order valence-corrected chi connectivity index (χ2v) is 3.08. The van der Waals surface area contributed by atoms with E-state index in [1.54, 1.807) is 0 Å². The molecule has 80 valence electrons. The zero-order chi connectivity index (χ0) is 11.7. The number of aromatic nitrogens is 1. The maximum Gasteiger partial charge on any atom is 0.295 e. The molecule has 0 saturated heterocycles. The third-order valence-electron chi connectivity index (χ3n) is 2.13. The molecule has 1 aromatic heterocycles. The molecule has 7 nitrogen and oxygen atoms in total. The summed E-state index contributed by atoms with van der Waals surface area (Å²) < 4.78 is 0. The van der Waals surface area contributed by atoms with Gasteiger partial charge in [-0.2, -0.15) is 0 Å². The van der Waals surface area contributed by atoms with Crippen LogP contribution in [-0.4, -0.2) is 14.8 Å². The van der Waals surface area contributed by atoms with Crippen LogP contribution < -0.4 is 0 Å². The molecule has 0 spiro atoms. The average molecular weight is 219 g/mol. The van der Waals surface area contributed by atoms with E-state index in [4.69, 9.17) is 0 Å². The molecule has 0 saturated carbocycles. The van der Waals surface area contributed by atoms with Gasteiger partial charge in [-0.3, -0.25) is 25.2 Å². The quantitative estimate of drug-likeness (QED) is 0.568. The lowest BCUT2D eigenvalue weighted by molar-refractivity contribution is -0.386. The number of rotatable bonds is 2. The van der Waals surface area contributed by atoms with Gasteiger partial charge in [-0.1, -0.05) is 0 Å². The number of nitro benzene ring substituents is 1. The fourth-order valence-corrected chi connectivity index (χ4v) is 1.40. The molecular weight excluding hydrogens is 214 g/mol. The molecule has 7 heteroatoms. The minimum Gasteiger partial charge on any atom is -0.258 e. The third kappa shape index (κ3) is 1.54. The molecule has 0 aliphatic heterocycles. The van der Waals surface area contributed by atoms with Crippen molar-refractivity contribution < 1.29 is 9.85 Å². The maximum atomic E-state index is 10.7. The number of hydrogen-bond acceptors (Lipinski definition) is 5. The summed E-state index contributed by atoms with van der Waals surface area (Å²) in [7, 11) is 0. The van der Waals surface area contributed by atoms with Crippen LogP contribution in [0.5, 0.6) is 0 Å².